The summed E-state index contributed by atoms with van der Waals surface area (Å²) in [6.07, 6.45) is 1.58. The number of ketones is 2. The van der Waals surface area contributed by atoms with Crippen LogP contribution in [0.5, 0.6) is 0 Å². The number of Topliss-reactive ketones (excluding diaryl/α,β-unsaturated/α-hetero) is 2. The lowest BCUT2D eigenvalue weighted by Crippen LogP contribution is -2.11. The molecule has 1 aromatic rings. The quantitative estimate of drug-likeness (QED) is 0.781. The zero-order valence-electron chi connectivity index (χ0n) is 8.50. The van der Waals surface area contributed by atoms with E-state index in [1.54, 1.807) is 18.2 Å². The number of carbonyl (C=O) groups excluding carboxylic acids is 2. The molecule has 0 aromatic heterocycles. The van der Waals surface area contributed by atoms with Gasteiger partial charge >= 0.3 is 0 Å². The summed E-state index contributed by atoms with van der Waals surface area (Å²) >= 11 is 9.20. The molecule has 0 spiro atoms. The summed E-state index contributed by atoms with van der Waals surface area (Å²) < 4.78 is 0.771. The Bertz CT molecular complexity index is 456. The minimum Gasteiger partial charge on any atom is -0.300 e. The van der Waals surface area contributed by atoms with Crippen molar-refractivity contribution in [3.63, 3.8) is 0 Å². The Morgan fingerprint density at radius 3 is 2.75 bits per heavy atom. The van der Waals surface area contributed by atoms with Crippen molar-refractivity contribution >= 4 is 39.1 Å². The van der Waals surface area contributed by atoms with E-state index in [0.717, 1.165) is 4.47 Å². The van der Waals surface area contributed by atoms with Crippen molar-refractivity contribution in [3.8, 4) is 0 Å². The smallest absolute Gasteiger partial charge is 0.166 e. The Hall–Kier alpha value is -0.670. The minimum absolute atomic E-state index is 0.0280. The molecule has 16 heavy (non-hydrogen) atoms. The number of rotatable bonds is 2. The van der Waals surface area contributed by atoms with Gasteiger partial charge in [-0.25, -0.2) is 0 Å². The second kappa shape index (κ2) is 4.68. The van der Waals surface area contributed by atoms with Crippen molar-refractivity contribution in [1.29, 1.82) is 0 Å². The lowest BCUT2D eigenvalue weighted by molar-refractivity contribution is -0.117. The molecule has 0 radical (unpaired) electrons. The van der Waals surface area contributed by atoms with Gasteiger partial charge < -0.3 is 0 Å². The van der Waals surface area contributed by atoms with Crippen LogP contribution in [-0.4, -0.2) is 11.6 Å². The van der Waals surface area contributed by atoms with E-state index in [2.05, 4.69) is 15.9 Å². The molecule has 84 valence electrons. The Kier molecular flexibility index (Phi) is 3.45. The molecule has 1 unspecified atom stereocenters. The number of hydrogen-bond donors (Lipinski definition) is 0. The van der Waals surface area contributed by atoms with Crippen molar-refractivity contribution in [2.75, 3.05) is 0 Å². The monoisotopic (exact) mass is 300 g/mol. The maximum atomic E-state index is 12.0. The molecular weight excluding hydrogens is 291 g/mol. The molecule has 4 heteroatoms. The van der Waals surface area contributed by atoms with Crippen LogP contribution in [0.15, 0.2) is 22.7 Å². The molecule has 2 nitrogen and oxygen atoms in total. The van der Waals surface area contributed by atoms with Crippen molar-refractivity contribution < 1.29 is 9.59 Å². The maximum Gasteiger partial charge on any atom is 0.166 e. The van der Waals surface area contributed by atoms with E-state index in [-0.39, 0.29) is 17.5 Å². The van der Waals surface area contributed by atoms with E-state index < -0.39 is 0 Å². The summed E-state index contributed by atoms with van der Waals surface area (Å²) in [6.45, 7) is 0. The summed E-state index contributed by atoms with van der Waals surface area (Å²) in [5.74, 6) is 0.0616. The van der Waals surface area contributed by atoms with E-state index in [1.807, 2.05) is 0 Å². The van der Waals surface area contributed by atoms with Crippen LogP contribution in [0, 0.1) is 5.92 Å². The zero-order valence-corrected chi connectivity index (χ0v) is 10.8. The minimum atomic E-state index is -0.148. The molecule has 0 amide bonds. The third-order valence-corrected chi connectivity index (χ3v) is 4.05. The average molecular weight is 302 g/mol. The molecular formula is C12H10BrClO2. The van der Waals surface area contributed by atoms with Crippen LogP contribution in [0.25, 0.3) is 0 Å². The van der Waals surface area contributed by atoms with E-state index in [1.165, 1.54) is 0 Å². The Morgan fingerprint density at radius 2 is 2.19 bits per heavy atom. The highest BCUT2D eigenvalue weighted by Crippen LogP contribution is 2.29. The molecule has 1 aromatic carbocycles. The van der Waals surface area contributed by atoms with Gasteiger partial charge in [0, 0.05) is 28.8 Å². The number of benzene rings is 1. The molecule has 1 saturated carbocycles. The molecule has 1 fully saturated rings. The molecule has 0 bridgehead atoms. The Morgan fingerprint density at radius 1 is 1.44 bits per heavy atom. The van der Waals surface area contributed by atoms with Gasteiger partial charge in [-0.3, -0.25) is 9.59 Å². The number of carbonyl (C=O) groups is 2. The van der Waals surface area contributed by atoms with Gasteiger partial charge in [-0.1, -0.05) is 17.7 Å². The van der Waals surface area contributed by atoms with Gasteiger partial charge in [0.1, 0.15) is 5.78 Å². The second-order valence-corrected chi connectivity index (χ2v) is 5.23. The largest absolute Gasteiger partial charge is 0.300 e. The first-order valence-electron chi connectivity index (χ1n) is 5.09. The van der Waals surface area contributed by atoms with E-state index >= 15 is 0 Å². The van der Waals surface area contributed by atoms with Gasteiger partial charge in [0.05, 0.1) is 5.02 Å². The van der Waals surface area contributed by atoms with Gasteiger partial charge in [0.2, 0.25) is 0 Å². The fourth-order valence-corrected chi connectivity index (χ4v) is 2.35. The van der Waals surface area contributed by atoms with Crippen molar-refractivity contribution in [3.05, 3.63) is 33.3 Å². The van der Waals surface area contributed by atoms with Crippen LogP contribution < -0.4 is 0 Å². The topological polar surface area (TPSA) is 34.1 Å². The summed E-state index contributed by atoms with van der Waals surface area (Å²) in [6, 6.07) is 5.14. The third-order valence-electron chi connectivity index (χ3n) is 2.82. The lowest BCUT2D eigenvalue weighted by Gasteiger charge is -2.07. The molecule has 0 aliphatic heterocycles. The zero-order chi connectivity index (χ0) is 11.7. The Balaban J connectivity index is 2.21. The lowest BCUT2D eigenvalue weighted by atomic mass is 9.96. The molecule has 0 saturated heterocycles. The second-order valence-electron chi connectivity index (χ2n) is 3.97. The van der Waals surface area contributed by atoms with Crippen LogP contribution in [0.3, 0.4) is 0 Å². The SMILES string of the molecule is O=C1CCC(C(=O)c2ccc(Br)c(Cl)c2)C1. The van der Waals surface area contributed by atoms with Crippen molar-refractivity contribution in [2.45, 2.75) is 19.3 Å². The molecule has 1 aliphatic carbocycles. The molecule has 0 N–H and O–H groups in total. The number of hydrogen-bond acceptors (Lipinski definition) is 2. The first-order valence-corrected chi connectivity index (χ1v) is 6.26. The molecule has 1 aliphatic rings. The van der Waals surface area contributed by atoms with Gasteiger partial charge in [0.25, 0.3) is 0 Å². The molecule has 0 heterocycles. The highest BCUT2D eigenvalue weighted by molar-refractivity contribution is 9.10. The number of halogens is 2. The van der Waals surface area contributed by atoms with Crippen LogP contribution in [0.1, 0.15) is 29.6 Å². The maximum absolute atomic E-state index is 12.0. The highest BCUT2D eigenvalue weighted by atomic mass is 79.9. The fraction of sp³-hybridized carbons (Fsp3) is 0.333. The third kappa shape index (κ3) is 2.36. The summed E-state index contributed by atoms with van der Waals surface area (Å²) in [4.78, 5) is 23.2. The average Bonchev–Trinajstić information content (AvgIpc) is 2.68. The predicted octanol–water partition coefficient (Wildman–Crippen LogP) is 3.65. The van der Waals surface area contributed by atoms with Crippen molar-refractivity contribution in [1.82, 2.24) is 0 Å². The van der Waals surface area contributed by atoms with Crippen LogP contribution in [0.4, 0.5) is 0 Å². The molecule has 2 rings (SSSR count). The van der Waals surface area contributed by atoms with Crippen molar-refractivity contribution in [2.24, 2.45) is 5.92 Å². The fourth-order valence-electron chi connectivity index (χ4n) is 1.92. The highest BCUT2D eigenvalue weighted by Gasteiger charge is 2.28. The van der Waals surface area contributed by atoms with E-state index in [0.29, 0.717) is 29.8 Å². The van der Waals surface area contributed by atoms with E-state index in [9.17, 15) is 9.59 Å². The predicted molar refractivity (Wildman–Crippen MR) is 65.8 cm³/mol. The van der Waals surface area contributed by atoms with Gasteiger partial charge in [0.15, 0.2) is 5.78 Å². The molecule has 1 atom stereocenters. The van der Waals surface area contributed by atoms with E-state index in [4.69, 9.17) is 11.6 Å². The van der Waals surface area contributed by atoms with Gasteiger partial charge in [-0.15, -0.1) is 0 Å². The van der Waals surface area contributed by atoms with Gasteiger partial charge in [-0.2, -0.15) is 0 Å². The normalized spacial score (nSPS) is 20.1. The first-order chi connectivity index (χ1) is 7.58. The standard InChI is InChI=1S/C12H10BrClO2/c13-10-4-2-8(6-11(10)14)12(16)7-1-3-9(15)5-7/h2,4,6-7H,1,3,5H2. The van der Waals surface area contributed by atoms with Crippen LogP contribution in [0.2, 0.25) is 5.02 Å². The summed E-state index contributed by atoms with van der Waals surface area (Å²) in [7, 11) is 0. The van der Waals surface area contributed by atoms with Gasteiger partial charge in [-0.05, 0) is 34.5 Å². The summed E-state index contributed by atoms with van der Waals surface area (Å²) in [5, 5.41) is 0.523. The summed E-state index contributed by atoms with van der Waals surface area (Å²) in [5.41, 5.74) is 0.591. The Labute approximate surface area is 107 Å². The van der Waals surface area contributed by atoms with Crippen LogP contribution >= 0.6 is 27.5 Å². The van der Waals surface area contributed by atoms with Crippen LogP contribution in [-0.2, 0) is 4.79 Å². The first kappa shape index (κ1) is 11.8.